The molecular formula is C17H20N2O2. The van der Waals surface area contributed by atoms with Crippen LogP contribution in [0.5, 0.6) is 0 Å². The summed E-state index contributed by atoms with van der Waals surface area (Å²) in [7, 11) is 3.30. The summed E-state index contributed by atoms with van der Waals surface area (Å²) in [5, 5.41) is 0. The molecule has 4 heteroatoms. The minimum Gasteiger partial charge on any atom is -0.465 e. The predicted molar refractivity (Wildman–Crippen MR) is 85.5 cm³/mol. The maximum absolute atomic E-state index is 11.7. The molecule has 0 radical (unpaired) electrons. The Bertz CT molecular complexity index is 636. The van der Waals surface area contributed by atoms with Crippen LogP contribution in [0.2, 0.25) is 0 Å². The van der Waals surface area contributed by atoms with E-state index in [4.69, 9.17) is 10.5 Å². The number of methoxy groups -OCH3 is 1. The van der Waals surface area contributed by atoms with E-state index in [-0.39, 0.29) is 0 Å². The number of carbonyl (C=O) groups excluding carboxylic acids is 1. The molecule has 0 saturated carbocycles. The zero-order valence-corrected chi connectivity index (χ0v) is 12.6. The van der Waals surface area contributed by atoms with Crippen LogP contribution in [0.3, 0.4) is 0 Å². The summed E-state index contributed by atoms with van der Waals surface area (Å²) in [6, 6.07) is 13.7. The quantitative estimate of drug-likeness (QED) is 0.692. The Balaban J connectivity index is 2.25. The number of hydrogen-bond donors (Lipinski definition) is 1. The molecule has 2 rings (SSSR count). The standard InChI is InChI=1S/C17H20N2O2/c1-12-7-9-13(10-8-12)11-19(2)15-6-4-5-14(16(15)18)17(20)21-3/h4-10H,11,18H2,1-3H3. The minimum atomic E-state index is -0.418. The van der Waals surface area contributed by atoms with Crippen LogP contribution in [0.1, 0.15) is 21.5 Å². The molecule has 0 bridgehead atoms. The van der Waals surface area contributed by atoms with Gasteiger partial charge in [-0.15, -0.1) is 0 Å². The van der Waals surface area contributed by atoms with Crippen LogP contribution >= 0.6 is 0 Å². The number of para-hydroxylation sites is 1. The van der Waals surface area contributed by atoms with Gasteiger partial charge in [0, 0.05) is 13.6 Å². The molecule has 21 heavy (non-hydrogen) atoms. The minimum absolute atomic E-state index is 0.394. The Morgan fingerprint density at radius 1 is 1.19 bits per heavy atom. The lowest BCUT2D eigenvalue weighted by Gasteiger charge is -2.22. The van der Waals surface area contributed by atoms with Gasteiger partial charge in [0.15, 0.2) is 0 Å². The number of nitrogens with two attached hydrogens (primary N) is 1. The average Bonchev–Trinajstić information content (AvgIpc) is 2.49. The van der Waals surface area contributed by atoms with E-state index in [0.717, 1.165) is 12.2 Å². The van der Waals surface area contributed by atoms with Crippen LogP contribution in [-0.4, -0.2) is 20.1 Å². The molecule has 0 saturated heterocycles. The summed E-state index contributed by atoms with van der Waals surface area (Å²) in [4.78, 5) is 13.7. The normalized spacial score (nSPS) is 10.2. The van der Waals surface area contributed by atoms with Gasteiger partial charge in [-0.3, -0.25) is 0 Å². The third-order valence-electron chi connectivity index (χ3n) is 3.44. The predicted octanol–water partition coefficient (Wildman–Crippen LogP) is 3.00. The smallest absolute Gasteiger partial charge is 0.340 e. The number of carbonyl (C=O) groups is 1. The number of nitrogens with zero attached hydrogens (tertiary/aromatic N) is 1. The zero-order valence-electron chi connectivity index (χ0n) is 12.6. The topological polar surface area (TPSA) is 55.6 Å². The van der Waals surface area contributed by atoms with Crippen molar-refractivity contribution in [2.75, 3.05) is 24.8 Å². The fourth-order valence-electron chi connectivity index (χ4n) is 2.23. The molecule has 2 N–H and O–H groups in total. The van der Waals surface area contributed by atoms with Gasteiger partial charge in [0.2, 0.25) is 0 Å². The second kappa shape index (κ2) is 6.31. The van der Waals surface area contributed by atoms with Crippen molar-refractivity contribution >= 4 is 17.3 Å². The zero-order chi connectivity index (χ0) is 15.4. The fourth-order valence-corrected chi connectivity index (χ4v) is 2.23. The first-order valence-corrected chi connectivity index (χ1v) is 6.76. The summed E-state index contributed by atoms with van der Waals surface area (Å²) in [6.07, 6.45) is 0. The molecule has 0 fully saturated rings. The van der Waals surface area contributed by atoms with E-state index in [2.05, 4.69) is 31.2 Å². The number of hydrogen-bond acceptors (Lipinski definition) is 4. The SMILES string of the molecule is COC(=O)c1cccc(N(C)Cc2ccc(C)cc2)c1N. The summed E-state index contributed by atoms with van der Waals surface area (Å²) < 4.78 is 4.75. The molecule has 2 aromatic carbocycles. The van der Waals surface area contributed by atoms with Crippen molar-refractivity contribution in [3.63, 3.8) is 0 Å². The van der Waals surface area contributed by atoms with Gasteiger partial charge in [0.05, 0.1) is 24.0 Å². The second-order valence-electron chi connectivity index (χ2n) is 5.07. The van der Waals surface area contributed by atoms with E-state index in [1.54, 1.807) is 6.07 Å². The summed E-state index contributed by atoms with van der Waals surface area (Å²) >= 11 is 0. The third-order valence-corrected chi connectivity index (χ3v) is 3.44. The number of esters is 1. The first kappa shape index (κ1) is 14.9. The molecule has 0 aliphatic rings. The van der Waals surface area contributed by atoms with E-state index in [1.807, 2.05) is 24.1 Å². The van der Waals surface area contributed by atoms with Gasteiger partial charge < -0.3 is 15.4 Å². The summed E-state index contributed by atoms with van der Waals surface area (Å²) in [5.41, 5.74) is 10.2. The van der Waals surface area contributed by atoms with Gasteiger partial charge in [-0.05, 0) is 24.6 Å². The third kappa shape index (κ3) is 3.34. The average molecular weight is 284 g/mol. The van der Waals surface area contributed by atoms with Gasteiger partial charge in [-0.1, -0.05) is 35.9 Å². The van der Waals surface area contributed by atoms with Crippen LogP contribution in [-0.2, 0) is 11.3 Å². The largest absolute Gasteiger partial charge is 0.465 e. The van der Waals surface area contributed by atoms with E-state index < -0.39 is 5.97 Å². The highest BCUT2D eigenvalue weighted by Crippen LogP contribution is 2.27. The van der Waals surface area contributed by atoms with Gasteiger partial charge in [-0.25, -0.2) is 4.79 Å². The second-order valence-corrected chi connectivity index (χ2v) is 5.07. The summed E-state index contributed by atoms with van der Waals surface area (Å²) in [6.45, 7) is 2.78. The Kier molecular flexibility index (Phi) is 4.48. The summed E-state index contributed by atoms with van der Waals surface area (Å²) in [5.74, 6) is -0.418. The highest BCUT2D eigenvalue weighted by molar-refractivity contribution is 5.98. The fraction of sp³-hybridized carbons (Fsp3) is 0.235. The van der Waals surface area contributed by atoms with Crippen LogP contribution in [0.15, 0.2) is 42.5 Å². The lowest BCUT2D eigenvalue weighted by Crippen LogP contribution is -2.19. The lowest BCUT2D eigenvalue weighted by atomic mass is 10.1. The number of ether oxygens (including phenoxy) is 1. The van der Waals surface area contributed by atoms with E-state index in [0.29, 0.717) is 11.3 Å². The number of nitrogen functional groups attached to an aromatic ring is 1. The molecule has 0 atom stereocenters. The molecule has 0 aromatic heterocycles. The molecule has 0 unspecified atom stereocenters. The highest BCUT2D eigenvalue weighted by Gasteiger charge is 2.15. The molecule has 2 aromatic rings. The van der Waals surface area contributed by atoms with Crippen molar-refractivity contribution in [1.82, 2.24) is 0 Å². The molecule has 0 heterocycles. The molecule has 0 amide bonds. The maximum atomic E-state index is 11.7. The number of rotatable bonds is 4. The van der Waals surface area contributed by atoms with Gasteiger partial charge >= 0.3 is 5.97 Å². The van der Waals surface area contributed by atoms with Gasteiger partial charge in [0.25, 0.3) is 0 Å². The van der Waals surface area contributed by atoms with E-state index in [1.165, 1.54) is 18.2 Å². The first-order valence-electron chi connectivity index (χ1n) is 6.76. The van der Waals surface area contributed by atoms with Crippen molar-refractivity contribution in [3.05, 3.63) is 59.2 Å². The van der Waals surface area contributed by atoms with Crippen LogP contribution in [0, 0.1) is 6.92 Å². The molecule has 0 spiro atoms. The van der Waals surface area contributed by atoms with Crippen molar-refractivity contribution < 1.29 is 9.53 Å². The van der Waals surface area contributed by atoms with Crippen molar-refractivity contribution in [2.45, 2.75) is 13.5 Å². The molecular weight excluding hydrogens is 264 g/mol. The Morgan fingerprint density at radius 3 is 2.48 bits per heavy atom. The monoisotopic (exact) mass is 284 g/mol. The van der Waals surface area contributed by atoms with E-state index in [9.17, 15) is 4.79 Å². The van der Waals surface area contributed by atoms with E-state index >= 15 is 0 Å². The molecule has 0 aliphatic heterocycles. The molecule has 110 valence electrons. The van der Waals surface area contributed by atoms with Crippen molar-refractivity contribution in [1.29, 1.82) is 0 Å². The Hall–Kier alpha value is -2.49. The highest BCUT2D eigenvalue weighted by atomic mass is 16.5. The maximum Gasteiger partial charge on any atom is 0.340 e. The van der Waals surface area contributed by atoms with Crippen molar-refractivity contribution in [2.24, 2.45) is 0 Å². The number of anilines is 2. The Morgan fingerprint density at radius 2 is 1.86 bits per heavy atom. The van der Waals surface area contributed by atoms with Crippen LogP contribution < -0.4 is 10.6 Å². The number of aryl methyl sites for hydroxylation is 1. The number of benzene rings is 2. The van der Waals surface area contributed by atoms with Crippen LogP contribution in [0.4, 0.5) is 11.4 Å². The molecule has 0 aliphatic carbocycles. The first-order chi connectivity index (χ1) is 10.0. The van der Waals surface area contributed by atoms with Gasteiger partial charge in [0.1, 0.15) is 0 Å². The van der Waals surface area contributed by atoms with Crippen LogP contribution in [0.25, 0.3) is 0 Å². The molecule has 4 nitrogen and oxygen atoms in total. The lowest BCUT2D eigenvalue weighted by molar-refractivity contribution is 0.0602. The Labute approximate surface area is 125 Å². The van der Waals surface area contributed by atoms with Crippen molar-refractivity contribution in [3.8, 4) is 0 Å². The van der Waals surface area contributed by atoms with Gasteiger partial charge in [-0.2, -0.15) is 0 Å².